The molecule has 0 saturated carbocycles. The number of rotatable bonds is 10. The molecular formula is C28H22N8O6S2. The SMILES string of the molecule is O=C(Nc1ccc(S(=O)(=O)Nc2ncccn2)cc1)c1cccc(C(=O)Nc2ccc(S(=O)(=O)Nc3ncccn3)cc2)c1. The topological polar surface area (TPSA) is 202 Å². The maximum Gasteiger partial charge on any atom is 0.264 e. The van der Waals surface area contributed by atoms with Gasteiger partial charge in [-0.15, -0.1) is 0 Å². The fourth-order valence-electron chi connectivity index (χ4n) is 3.70. The monoisotopic (exact) mass is 630 g/mol. The summed E-state index contributed by atoms with van der Waals surface area (Å²) in [5.74, 6) is -1.22. The summed E-state index contributed by atoms with van der Waals surface area (Å²) in [5.41, 5.74) is 0.993. The van der Waals surface area contributed by atoms with Gasteiger partial charge in [-0.3, -0.25) is 9.59 Å². The Morgan fingerprint density at radius 1 is 0.500 bits per heavy atom. The third-order valence-corrected chi connectivity index (χ3v) is 8.50. The van der Waals surface area contributed by atoms with E-state index in [0.29, 0.717) is 11.4 Å². The summed E-state index contributed by atoms with van der Waals surface area (Å²) in [6.07, 6.45) is 5.60. The van der Waals surface area contributed by atoms with E-state index in [9.17, 15) is 26.4 Å². The molecule has 2 heterocycles. The molecular weight excluding hydrogens is 608 g/mol. The molecule has 16 heteroatoms. The smallest absolute Gasteiger partial charge is 0.264 e. The standard InChI is InChI=1S/C28H22N8O6S2/c37-25(33-21-6-10-23(11-7-21)43(39,40)35-27-29-14-2-15-30-27)19-4-1-5-20(18-19)26(38)34-22-8-12-24(13-9-22)44(41,42)36-28-31-16-3-17-32-28/h1-18H,(H,33,37)(H,34,38)(H,29,30,35)(H,31,32,36). The van der Waals surface area contributed by atoms with Crippen molar-refractivity contribution in [1.29, 1.82) is 0 Å². The van der Waals surface area contributed by atoms with Gasteiger partial charge in [0.1, 0.15) is 0 Å². The molecule has 4 N–H and O–H groups in total. The van der Waals surface area contributed by atoms with Gasteiger partial charge < -0.3 is 10.6 Å². The van der Waals surface area contributed by atoms with Gasteiger partial charge in [-0.25, -0.2) is 46.2 Å². The summed E-state index contributed by atoms with van der Waals surface area (Å²) in [4.78, 5) is 41.0. The van der Waals surface area contributed by atoms with Crippen molar-refractivity contribution in [2.45, 2.75) is 9.79 Å². The van der Waals surface area contributed by atoms with E-state index in [1.807, 2.05) is 0 Å². The Morgan fingerprint density at radius 3 is 1.23 bits per heavy atom. The van der Waals surface area contributed by atoms with Crippen LogP contribution >= 0.6 is 0 Å². The second-order valence-electron chi connectivity index (χ2n) is 8.89. The van der Waals surface area contributed by atoms with Crippen LogP contribution in [0.15, 0.2) is 120 Å². The van der Waals surface area contributed by atoms with Gasteiger partial charge in [0.25, 0.3) is 31.9 Å². The predicted octanol–water partition coefficient (Wildman–Crippen LogP) is 3.37. The molecule has 44 heavy (non-hydrogen) atoms. The van der Waals surface area contributed by atoms with Gasteiger partial charge >= 0.3 is 0 Å². The Hall–Kier alpha value is -5.74. The minimum atomic E-state index is -3.94. The molecule has 0 unspecified atom stereocenters. The van der Waals surface area contributed by atoms with Crippen LogP contribution in [0, 0.1) is 0 Å². The number of benzene rings is 3. The minimum Gasteiger partial charge on any atom is -0.322 e. The van der Waals surface area contributed by atoms with Crippen molar-refractivity contribution < 1.29 is 26.4 Å². The Morgan fingerprint density at radius 2 is 0.864 bits per heavy atom. The number of hydrogen-bond acceptors (Lipinski definition) is 10. The average molecular weight is 631 g/mol. The van der Waals surface area contributed by atoms with E-state index < -0.39 is 31.9 Å². The van der Waals surface area contributed by atoms with Gasteiger partial charge in [-0.1, -0.05) is 6.07 Å². The molecule has 2 amide bonds. The number of amides is 2. The summed E-state index contributed by atoms with van der Waals surface area (Å²) in [6.45, 7) is 0. The first kappa shape index (κ1) is 29.7. The number of nitrogens with zero attached hydrogens (tertiary/aromatic N) is 4. The first-order valence-electron chi connectivity index (χ1n) is 12.6. The molecule has 5 aromatic rings. The largest absolute Gasteiger partial charge is 0.322 e. The van der Waals surface area contributed by atoms with E-state index in [1.165, 1.54) is 97.6 Å². The van der Waals surface area contributed by atoms with Gasteiger partial charge in [0.2, 0.25) is 11.9 Å². The van der Waals surface area contributed by atoms with Crippen LogP contribution in [-0.2, 0) is 20.0 Å². The number of aromatic nitrogens is 4. The second kappa shape index (κ2) is 12.6. The van der Waals surface area contributed by atoms with Crippen LogP contribution < -0.4 is 20.1 Å². The van der Waals surface area contributed by atoms with Crippen molar-refractivity contribution in [3.05, 3.63) is 121 Å². The van der Waals surface area contributed by atoms with Crippen molar-refractivity contribution in [3.8, 4) is 0 Å². The predicted molar refractivity (Wildman–Crippen MR) is 161 cm³/mol. The average Bonchev–Trinajstić information content (AvgIpc) is 3.02. The van der Waals surface area contributed by atoms with Crippen LogP contribution in [0.4, 0.5) is 23.3 Å². The fraction of sp³-hybridized carbons (Fsp3) is 0. The fourth-order valence-corrected chi connectivity index (χ4v) is 5.62. The van der Waals surface area contributed by atoms with Crippen LogP contribution in [0.5, 0.6) is 0 Å². The van der Waals surface area contributed by atoms with Crippen molar-refractivity contribution in [1.82, 2.24) is 19.9 Å². The van der Waals surface area contributed by atoms with Gasteiger partial charge in [-0.05, 0) is 78.9 Å². The molecule has 3 aromatic carbocycles. The highest BCUT2D eigenvalue weighted by atomic mass is 32.2. The molecule has 0 bridgehead atoms. The molecule has 0 spiro atoms. The Kier molecular flexibility index (Phi) is 8.54. The maximum atomic E-state index is 12.9. The summed E-state index contributed by atoms with van der Waals surface area (Å²) in [7, 11) is -7.89. The number of carbonyl (C=O) groups excluding carboxylic acids is 2. The van der Waals surface area contributed by atoms with E-state index in [1.54, 1.807) is 12.1 Å². The number of hydrogen-bond donors (Lipinski definition) is 4. The van der Waals surface area contributed by atoms with E-state index in [2.05, 4.69) is 40.0 Å². The van der Waals surface area contributed by atoms with E-state index >= 15 is 0 Å². The third-order valence-electron chi connectivity index (χ3n) is 5.81. The highest BCUT2D eigenvalue weighted by Gasteiger charge is 2.18. The summed E-state index contributed by atoms with van der Waals surface area (Å²) >= 11 is 0. The molecule has 0 aliphatic heterocycles. The molecule has 0 radical (unpaired) electrons. The zero-order valence-corrected chi connectivity index (χ0v) is 24.1. The van der Waals surface area contributed by atoms with E-state index in [4.69, 9.17) is 0 Å². The normalized spacial score (nSPS) is 11.3. The third kappa shape index (κ3) is 7.36. The first-order chi connectivity index (χ1) is 21.1. The number of anilines is 4. The zero-order valence-electron chi connectivity index (χ0n) is 22.4. The van der Waals surface area contributed by atoms with Crippen LogP contribution in [0.3, 0.4) is 0 Å². The lowest BCUT2D eigenvalue weighted by molar-refractivity contribution is 0.102. The van der Waals surface area contributed by atoms with Gasteiger partial charge in [0, 0.05) is 47.3 Å². The molecule has 0 saturated heterocycles. The molecule has 0 atom stereocenters. The Bertz CT molecular complexity index is 1870. The van der Waals surface area contributed by atoms with E-state index in [0.717, 1.165) is 0 Å². The van der Waals surface area contributed by atoms with E-state index in [-0.39, 0.29) is 32.8 Å². The van der Waals surface area contributed by atoms with Crippen LogP contribution in [0.25, 0.3) is 0 Å². The van der Waals surface area contributed by atoms with Crippen molar-refractivity contribution in [2.24, 2.45) is 0 Å². The quantitative estimate of drug-likeness (QED) is 0.177. The molecule has 0 fully saturated rings. The molecule has 2 aromatic heterocycles. The van der Waals surface area contributed by atoms with Crippen LogP contribution in [0.1, 0.15) is 20.7 Å². The lowest BCUT2D eigenvalue weighted by Gasteiger charge is -2.10. The maximum absolute atomic E-state index is 12.9. The lowest BCUT2D eigenvalue weighted by Crippen LogP contribution is -2.17. The van der Waals surface area contributed by atoms with Gasteiger partial charge in [0.05, 0.1) is 9.79 Å². The first-order valence-corrected chi connectivity index (χ1v) is 15.6. The zero-order chi connectivity index (χ0) is 31.2. The van der Waals surface area contributed by atoms with Crippen LogP contribution in [0.2, 0.25) is 0 Å². The Labute approximate surface area is 251 Å². The molecule has 222 valence electrons. The van der Waals surface area contributed by atoms with Crippen molar-refractivity contribution in [2.75, 3.05) is 20.1 Å². The molecule has 5 rings (SSSR count). The summed E-state index contributed by atoms with van der Waals surface area (Å²) < 4.78 is 54.8. The molecule has 0 aliphatic rings. The second-order valence-corrected chi connectivity index (χ2v) is 12.3. The summed E-state index contributed by atoms with van der Waals surface area (Å²) in [6, 6.07) is 20.0. The highest BCUT2D eigenvalue weighted by molar-refractivity contribution is 7.93. The number of sulfonamides is 2. The molecule has 14 nitrogen and oxygen atoms in total. The summed E-state index contributed by atoms with van der Waals surface area (Å²) in [5, 5.41) is 5.32. The van der Waals surface area contributed by atoms with Gasteiger partial charge in [-0.2, -0.15) is 0 Å². The number of carbonyl (C=O) groups is 2. The van der Waals surface area contributed by atoms with Crippen LogP contribution in [-0.4, -0.2) is 48.6 Å². The Balaban J connectivity index is 1.21. The number of nitrogens with one attached hydrogen (secondary N) is 4. The highest BCUT2D eigenvalue weighted by Crippen LogP contribution is 2.19. The van der Waals surface area contributed by atoms with Crippen molar-refractivity contribution >= 4 is 55.1 Å². The minimum absolute atomic E-state index is 0.0614. The van der Waals surface area contributed by atoms with Gasteiger partial charge in [0.15, 0.2) is 0 Å². The lowest BCUT2D eigenvalue weighted by atomic mass is 10.1. The van der Waals surface area contributed by atoms with Crippen molar-refractivity contribution in [3.63, 3.8) is 0 Å². The molecule has 0 aliphatic carbocycles.